The summed E-state index contributed by atoms with van der Waals surface area (Å²) in [6.45, 7) is 9.27. The highest BCUT2D eigenvalue weighted by atomic mass is 16.5. The number of aromatic hydroxyl groups is 2. The SMILES string of the molecule is CCCCCCCCCOc1c(O)c(O)c(CCC)c(CCC)c1CCC. The summed E-state index contributed by atoms with van der Waals surface area (Å²) in [6, 6.07) is 0. The van der Waals surface area contributed by atoms with Crippen LogP contribution in [0.3, 0.4) is 0 Å². The monoisotopic (exact) mass is 378 g/mol. The zero-order valence-corrected chi connectivity index (χ0v) is 18.2. The molecule has 0 bridgehead atoms. The molecular weight excluding hydrogens is 336 g/mol. The highest BCUT2D eigenvalue weighted by Crippen LogP contribution is 2.45. The van der Waals surface area contributed by atoms with E-state index >= 15 is 0 Å². The molecule has 0 aliphatic carbocycles. The van der Waals surface area contributed by atoms with Gasteiger partial charge in [0.15, 0.2) is 11.5 Å². The maximum atomic E-state index is 10.6. The third-order valence-electron chi connectivity index (χ3n) is 5.22. The molecule has 0 amide bonds. The highest BCUT2D eigenvalue weighted by molar-refractivity contribution is 5.62. The molecule has 0 saturated carbocycles. The van der Waals surface area contributed by atoms with E-state index in [1.807, 2.05) is 0 Å². The average molecular weight is 379 g/mol. The van der Waals surface area contributed by atoms with Gasteiger partial charge in [0.2, 0.25) is 5.75 Å². The number of ether oxygens (including phenoxy) is 1. The van der Waals surface area contributed by atoms with Crippen molar-refractivity contribution in [1.82, 2.24) is 0 Å². The summed E-state index contributed by atoms with van der Waals surface area (Å²) < 4.78 is 6.04. The molecule has 156 valence electrons. The Morgan fingerprint density at radius 2 is 1.07 bits per heavy atom. The highest BCUT2D eigenvalue weighted by Gasteiger charge is 2.23. The van der Waals surface area contributed by atoms with Crippen LogP contribution < -0.4 is 4.74 Å². The van der Waals surface area contributed by atoms with Crippen molar-refractivity contribution < 1.29 is 14.9 Å². The second kappa shape index (κ2) is 13.7. The van der Waals surface area contributed by atoms with Gasteiger partial charge < -0.3 is 14.9 Å². The minimum Gasteiger partial charge on any atom is -0.504 e. The van der Waals surface area contributed by atoms with Crippen molar-refractivity contribution >= 4 is 0 Å². The first-order valence-electron chi connectivity index (χ1n) is 11.3. The van der Waals surface area contributed by atoms with Crippen LogP contribution in [-0.2, 0) is 19.3 Å². The fourth-order valence-electron chi connectivity index (χ4n) is 3.83. The van der Waals surface area contributed by atoms with E-state index in [0.29, 0.717) is 12.4 Å². The van der Waals surface area contributed by atoms with Gasteiger partial charge in [-0.2, -0.15) is 0 Å². The largest absolute Gasteiger partial charge is 0.504 e. The quantitative estimate of drug-likeness (QED) is 0.253. The van der Waals surface area contributed by atoms with E-state index in [9.17, 15) is 10.2 Å². The fourth-order valence-corrected chi connectivity index (χ4v) is 3.83. The number of phenolic OH excluding ortho intramolecular Hbond substituents is 2. The van der Waals surface area contributed by atoms with E-state index in [2.05, 4.69) is 27.7 Å². The molecule has 0 aromatic heterocycles. The first-order valence-corrected chi connectivity index (χ1v) is 11.3. The molecular formula is C24H42O3. The lowest BCUT2D eigenvalue weighted by molar-refractivity contribution is 0.279. The molecule has 2 N–H and O–H groups in total. The Kier molecular flexibility index (Phi) is 12.0. The van der Waals surface area contributed by atoms with Crippen LogP contribution in [-0.4, -0.2) is 16.8 Å². The van der Waals surface area contributed by atoms with Crippen LogP contribution in [0.4, 0.5) is 0 Å². The Bertz CT molecular complexity index is 537. The molecule has 1 aromatic rings. The van der Waals surface area contributed by atoms with Gasteiger partial charge in [0.25, 0.3) is 0 Å². The molecule has 0 aliphatic heterocycles. The second-order valence-electron chi connectivity index (χ2n) is 7.68. The number of phenols is 2. The van der Waals surface area contributed by atoms with Crippen LogP contribution in [0.2, 0.25) is 0 Å². The van der Waals surface area contributed by atoms with Gasteiger partial charge in [0.1, 0.15) is 0 Å². The summed E-state index contributed by atoms with van der Waals surface area (Å²) in [5, 5.41) is 21.2. The Balaban J connectivity index is 2.87. The van der Waals surface area contributed by atoms with Crippen LogP contribution in [0.1, 0.15) is 109 Å². The summed E-state index contributed by atoms with van der Waals surface area (Å²) in [7, 11) is 0. The van der Waals surface area contributed by atoms with Gasteiger partial charge in [-0.1, -0.05) is 85.5 Å². The molecule has 0 saturated heterocycles. The van der Waals surface area contributed by atoms with Gasteiger partial charge in [-0.3, -0.25) is 0 Å². The summed E-state index contributed by atoms with van der Waals surface area (Å²) in [6.07, 6.45) is 14.2. The molecule has 0 fully saturated rings. The van der Waals surface area contributed by atoms with Crippen molar-refractivity contribution in [3.63, 3.8) is 0 Å². The third kappa shape index (κ3) is 7.27. The van der Waals surface area contributed by atoms with Crippen LogP contribution in [0, 0.1) is 0 Å². The molecule has 0 heterocycles. The smallest absolute Gasteiger partial charge is 0.201 e. The molecule has 0 radical (unpaired) electrons. The minimum atomic E-state index is -0.0512. The van der Waals surface area contributed by atoms with Gasteiger partial charge in [-0.05, 0) is 31.2 Å². The summed E-state index contributed by atoms with van der Waals surface area (Å²) in [5.74, 6) is 0.517. The zero-order valence-electron chi connectivity index (χ0n) is 18.2. The Morgan fingerprint density at radius 3 is 1.67 bits per heavy atom. The molecule has 0 atom stereocenters. The van der Waals surface area contributed by atoms with E-state index in [1.165, 1.54) is 37.7 Å². The van der Waals surface area contributed by atoms with Gasteiger partial charge in [-0.25, -0.2) is 0 Å². The Hall–Kier alpha value is -1.38. The zero-order chi connectivity index (χ0) is 20.1. The standard InChI is InChI=1S/C24H42O3/c1-5-9-10-11-12-13-14-18-27-24-21(17-8-4)19(15-6-2)20(16-7-3)22(25)23(24)26/h25-26H,5-18H2,1-4H3. The lowest BCUT2D eigenvalue weighted by atomic mass is 9.90. The molecule has 1 rings (SSSR count). The van der Waals surface area contributed by atoms with E-state index in [4.69, 9.17) is 4.74 Å². The molecule has 3 heteroatoms. The molecule has 0 unspecified atom stereocenters. The first-order chi connectivity index (χ1) is 13.1. The van der Waals surface area contributed by atoms with E-state index in [1.54, 1.807) is 0 Å². The Morgan fingerprint density at radius 1 is 0.556 bits per heavy atom. The number of benzene rings is 1. The molecule has 0 spiro atoms. The van der Waals surface area contributed by atoms with Crippen molar-refractivity contribution in [3.8, 4) is 17.2 Å². The fraction of sp³-hybridized carbons (Fsp3) is 0.750. The summed E-state index contributed by atoms with van der Waals surface area (Å²) in [5.41, 5.74) is 3.23. The number of unbranched alkanes of at least 4 members (excludes halogenated alkanes) is 6. The van der Waals surface area contributed by atoms with Gasteiger partial charge in [-0.15, -0.1) is 0 Å². The maximum Gasteiger partial charge on any atom is 0.201 e. The summed E-state index contributed by atoms with van der Waals surface area (Å²) >= 11 is 0. The lowest BCUT2D eigenvalue weighted by Gasteiger charge is -2.22. The van der Waals surface area contributed by atoms with Crippen LogP contribution in [0.25, 0.3) is 0 Å². The lowest BCUT2D eigenvalue weighted by Crippen LogP contribution is -2.07. The topological polar surface area (TPSA) is 49.7 Å². The Labute approximate surface area is 167 Å². The molecule has 3 nitrogen and oxygen atoms in total. The average Bonchev–Trinajstić information content (AvgIpc) is 2.66. The van der Waals surface area contributed by atoms with Gasteiger partial charge in [0, 0.05) is 11.1 Å². The van der Waals surface area contributed by atoms with Crippen molar-refractivity contribution in [2.75, 3.05) is 6.61 Å². The van der Waals surface area contributed by atoms with Crippen LogP contribution >= 0.6 is 0 Å². The molecule has 0 aliphatic rings. The predicted octanol–water partition coefficient (Wildman–Crippen LogP) is 7.08. The normalized spacial score (nSPS) is 11.1. The second-order valence-corrected chi connectivity index (χ2v) is 7.68. The third-order valence-corrected chi connectivity index (χ3v) is 5.22. The van der Waals surface area contributed by atoms with Gasteiger partial charge >= 0.3 is 0 Å². The summed E-state index contributed by atoms with van der Waals surface area (Å²) in [4.78, 5) is 0. The van der Waals surface area contributed by atoms with Crippen molar-refractivity contribution in [2.45, 2.75) is 111 Å². The van der Waals surface area contributed by atoms with E-state index < -0.39 is 0 Å². The molecule has 27 heavy (non-hydrogen) atoms. The van der Waals surface area contributed by atoms with Crippen molar-refractivity contribution in [1.29, 1.82) is 0 Å². The van der Waals surface area contributed by atoms with Crippen LogP contribution in [0.5, 0.6) is 17.2 Å². The van der Waals surface area contributed by atoms with Crippen LogP contribution in [0.15, 0.2) is 0 Å². The van der Waals surface area contributed by atoms with E-state index in [-0.39, 0.29) is 11.5 Å². The first kappa shape index (κ1) is 23.7. The van der Waals surface area contributed by atoms with Gasteiger partial charge in [0.05, 0.1) is 6.61 Å². The van der Waals surface area contributed by atoms with E-state index in [0.717, 1.165) is 62.5 Å². The maximum absolute atomic E-state index is 10.6. The predicted molar refractivity (Wildman–Crippen MR) is 115 cm³/mol. The number of hydrogen-bond acceptors (Lipinski definition) is 3. The number of hydrogen-bond donors (Lipinski definition) is 2. The molecule has 1 aromatic carbocycles. The minimum absolute atomic E-state index is 0.0368. The number of rotatable bonds is 15. The van der Waals surface area contributed by atoms with Crippen molar-refractivity contribution in [2.24, 2.45) is 0 Å². The van der Waals surface area contributed by atoms with Crippen molar-refractivity contribution in [3.05, 3.63) is 16.7 Å².